The van der Waals surface area contributed by atoms with E-state index < -0.39 is 10.0 Å². The van der Waals surface area contributed by atoms with Crippen LogP contribution in [0.5, 0.6) is 0 Å². The molecule has 1 aromatic rings. The van der Waals surface area contributed by atoms with E-state index in [1.807, 2.05) is 37.3 Å². The zero-order chi connectivity index (χ0) is 15.3. The van der Waals surface area contributed by atoms with Crippen molar-refractivity contribution in [3.63, 3.8) is 0 Å². The smallest absolute Gasteiger partial charge is 0.224 e. The Labute approximate surface area is 126 Å². The van der Waals surface area contributed by atoms with Gasteiger partial charge in [0.05, 0.1) is 5.75 Å². The normalized spacial score (nSPS) is 19.2. The van der Waals surface area contributed by atoms with Crippen molar-refractivity contribution in [2.45, 2.75) is 32.2 Å². The highest BCUT2D eigenvalue weighted by atomic mass is 32.2. The van der Waals surface area contributed by atoms with Gasteiger partial charge in [0.15, 0.2) is 0 Å². The Bertz CT molecular complexity index is 572. The molecule has 0 spiro atoms. The molecule has 1 amide bonds. The van der Waals surface area contributed by atoms with Crippen LogP contribution in [0.3, 0.4) is 0 Å². The van der Waals surface area contributed by atoms with E-state index in [9.17, 15) is 13.2 Å². The SMILES string of the molecule is CCCS(=O)(=O)N[C@H]1CC(=O)N(CCc2ccccc2)C1. The molecule has 1 fully saturated rings. The summed E-state index contributed by atoms with van der Waals surface area (Å²) < 4.78 is 26.1. The van der Waals surface area contributed by atoms with Gasteiger partial charge in [0, 0.05) is 25.6 Å². The molecule has 0 aliphatic carbocycles. The summed E-state index contributed by atoms with van der Waals surface area (Å²) >= 11 is 0. The minimum atomic E-state index is -3.26. The second-order valence-corrected chi connectivity index (χ2v) is 7.29. The number of nitrogens with one attached hydrogen (secondary N) is 1. The molecule has 21 heavy (non-hydrogen) atoms. The van der Waals surface area contributed by atoms with Crippen LogP contribution in [0, 0.1) is 0 Å². The van der Waals surface area contributed by atoms with Crippen LogP contribution in [0.25, 0.3) is 0 Å². The van der Waals surface area contributed by atoms with Crippen molar-refractivity contribution in [3.05, 3.63) is 35.9 Å². The fraction of sp³-hybridized carbons (Fsp3) is 0.533. The fourth-order valence-electron chi connectivity index (χ4n) is 2.56. The first-order valence-corrected chi connectivity index (χ1v) is 8.97. The van der Waals surface area contributed by atoms with Crippen molar-refractivity contribution in [1.29, 1.82) is 0 Å². The molecule has 1 heterocycles. The van der Waals surface area contributed by atoms with Crippen molar-refractivity contribution >= 4 is 15.9 Å². The van der Waals surface area contributed by atoms with Crippen molar-refractivity contribution in [2.24, 2.45) is 0 Å². The lowest BCUT2D eigenvalue weighted by Crippen LogP contribution is -2.38. The van der Waals surface area contributed by atoms with Gasteiger partial charge in [-0.2, -0.15) is 0 Å². The molecule has 0 radical (unpaired) electrons. The third-order valence-corrected chi connectivity index (χ3v) is 5.18. The third kappa shape index (κ3) is 4.82. The van der Waals surface area contributed by atoms with Crippen LogP contribution in [-0.4, -0.2) is 44.1 Å². The maximum Gasteiger partial charge on any atom is 0.224 e. The molecule has 2 rings (SSSR count). The quantitative estimate of drug-likeness (QED) is 0.822. The van der Waals surface area contributed by atoms with Crippen molar-refractivity contribution in [2.75, 3.05) is 18.8 Å². The summed E-state index contributed by atoms with van der Waals surface area (Å²) in [5.74, 6) is 0.136. The number of nitrogens with zero attached hydrogens (tertiary/aromatic N) is 1. The Morgan fingerprint density at radius 2 is 2.00 bits per heavy atom. The topological polar surface area (TPSA) is 66.5 Å². The minimum Gasteiger partial charge on any atom is -0.341 e. The van der Waals surface area contributed by atoms with E-state index in [2.05, 4.69) is 4.72 Å². The Kier molecular flexibility index (Phi) is 5.36. The molecule has 1 N–H and O–H groups in total. The number of amides is 1. The summed E-state index contributed by atoms with van der Waals surface area (Å²) in [5, 5.41) is 0. The molecule has 5 nitrogen and oxygen atoms in total. The molecule has 0 bridgehead atoms. The number of likely N-dealkylation sites (tertiary alicyclic amines) is 1. The summed E-state index contributed by atoms with van der Waals surface area (Å²) in [6.07, 6.45) is 1.63. The molecule has 6 heteroatoms. The molecule has 1 aliphatic rings. The predicted octanol–water partition coefficient (Wildman–Crippen LogP) is 1.16. The van der Waals surface area contributed by atoms with Gasteiger partial charge >= 0.3 is 0 Å². The Balaban J connectivity index is 1.85. The monoisotopic (exact) mass is 310 g/mol. The number of hydrogen-bond acceptors (Lipinski definition) is 3. The average Bonchev–Trinajstić information content (AvgIpc) is 2.76. The lowest BCUT2D eigenvalue weighted by Gasteiger charge is -2.17. The lowest BCUT2D eigenvalue weighted by atomic mass is 10.1. The summed E-state index contributed by atoms with van der Waals surface area (Å²) in [4.78, 5) is 13.7. The molecule has 1 aromatic carbocycles. The molecule has 1 atom stereocenters. The van der Waals surface area contributed by atoms with Gasteiger partial charge in [0.25, 0.3) is 0 Å². The number of carbonyl (C=O) groups excluding carboxylic acids is 1. The highest BCUT2D eigenvalue weighted by Crippen LogP contribution is 2.13. The van der Waals surface area contributed by atoms with Gasteiger partial charge in [-0.25, -0.2) is 13.1 Å². The van der Waals surface area contributed by atoms with Gasteiger partial charge in [0.2, 0.25) is 15.9 Å². The van der Waals surface area contributed by atoms with Crippen LogP contribution in [-0.2, 0) is 21.2 Å². The molecular weight excluding hydrogens is 288 g/mol. The van der Waals surface area contributed by atoms with E-state index in [0.29, 0.717) is 19.5 Å². The Hall–Kier alpha value is -1.40. The standard InChI is InChI=1S/C15H22N2O3S/c1-2-10-21(19,20)16-14-11-15(18)17(12-14)9-8-13-6-4-3-5-7-13/h3-7,14,16H,2,8-12H2,1H3/t14-/m0/s1. The van der Waals surface area contributed by atoms with Crippen LogP contribution < -0.4 is 4.72 Å². The van der Waals surface area contributed by atoms with Gasteiger partial charge < -0.3 is 4.90 Å². The number of sulfonamides is 1. The third-order valence-electron chi connectivity index (χ3n) is 3.55. The fourth-order valence-corrected chi connectivity index (χ4v) is 3.88. The highest BCUT2D eigenvalue weighted by molar-refractivity contribution is 7.89. The first-order valence-electron chi connectivity index (χ1n) is 7.32. The van der Waals surface area contributed by atoms with Gasteiger partial charge in [-0.15, -0.1) is 0 Å². The van der Waals surface area contributed by atoms with Crippen LogP contribution >= 0.6 is 0 Å². The molecule has 1 saturated heterocycles. The second kappa shape index (κ2) is 7.04. The molecule has 116 valence electrons. The predicted molar refractivity (Wildman–Crippen MR) is 82.3 cm³/mol. The maximum absolute atomic E-state index is 11.9. The summed E-state index contributed by atoms with van der Waals surface area (Å²) in [6, 6.07) is 9.68. The van der Waals surface area contributed by atoms with E-state index in [1.165, 1.54) is 5.56 Å². The largest absolute Gasteiger partial charge is 0.341 e. The van der Waals surface area contributed by atoms with E-state index in [1.54, 1.807) is 4.90 Å². The van der Waals surface area contributed by atoms with Crippen LogP contribution in [0.4, 0.5) is 0 Å². The lowest BCUT2D eigenvalue weighted by molar-refractivity contribution is -0.127. The van der Waals surface area contributed by atoms with E-state index in [0.717, 1.165) is 6.42 Å². The van der Waals surface area contributed by atoms with Crippen LogP contribution in [0.2, 0.25) is 0 Å². The molecular formula is C15H22N2O3S. The Morgan fingerprint density at radius 3 is 2.67 bits per heavy atom. The number of hydrogen-bond donors (Lipinski definition) is 1. The van der Waals surface area contributed by atoms with Gasteiger partial charge in [-0.3, -0.25) is 4.79 Å². The number of benzene rings is 1. The molecule has 0 aromatic heterocycles. The van der Waals surface area contributed by atoms with E-state index >= 15 is 0 Å². The zero-order valence-corrected chi connectivity index (χ0v) is 13.1. The summed E-state index contributed by atoms with van der Waals surface area (Å²) in [5.41, 5.74) is 1.18. The Morgan fingerprint density at radius 1 is 1.29 bits per heavy atom. The highest BCUT2D eigenvalue weighted by Gasteiger charge is 2.31. The van der Waals surface area contributed by atoms with Crippen molar-refractivity contribution in [1.82, 2.24) is 9.62 Å². The van der Waals surface area contributed by atoms with Gasteiger partial charge in [-0.1, -0.05) is 37.3 Å². The second-order valence-electron chi connectivity index (χ2n) is 5.41. The van der Waals surface area contributed by atoms with E-state index in [4.69, 9.17) is 0 Å². The maximum atomic E-state index is 11.9. The molecule has 0 unspecified atom stereocenters. The number of carbonyl (C=O) groups is 1. The average molecular weight is 310 g/mol. The summed E-state index contributed by atoms with van der Waals surface area (Å²) in [7, 11) is -3.26. The van der Waals surface area contributed by atoms with E-state index in [-0.39, 0.29) is 24.1 Å². The first kappa shape index (κ1) is 16.0. The van der Waals surface area contributed by atoms with Crippen molar-refractivity contribution < 1.29 is 13.2 Å². The van der Waals surface area contributed by atoms with Gasteiger partial charge in [0.1, 0.15) is 0 Å². The van der Waals surface area contributed by atoms with Crippen molar-refractivity contribution in [3.8, 4) is 0 Å². The number of rotatable bonds is 7. The molecule has 1 aliphatic heterocycles. The summed E-state index contributed by atoms with van der Waals surface area (Å²) in [6.45, 7) is 2.93. The van der Waals surface area contributed by atoms with Gasteiger partial charge in [-0.05, 0) is 18.4 Å². The minimum absolute atomic E-state index is 0.0233. The van der Waals surface area contributed by atoms with Crippen LogP contribution in [0.1, 0.15) is 25.3 Å². The molecule has 0 saturated carbocycles. The zero-order valence-electron chi connectivity index (χ0n) is 12.3. The van der Waals surface area contributed by atoms with Crippen LogP contribution in [0.15, 0.2) is 30.3 Å². The first-order chi connectivity index (χ1) is 10.00.